The zero-order chi connectivity index (χ0) is 24.5. The van der Waals surface area contributed by atoms with Crippen LogP contribution >= 0.6 is 0 Å². The Kier molecular flexibility index (Phi) is 8.97. The van der Waals surface area contributed by atoms with Crippen molar-refractivity contribution < 1.29 is 14.3 Å². The number of carbonyl (C=O) groups is 2. The number of benzene rings is 2. The number of nitrogens with zero attached hydrogens (tertiary/aromatic N) is 2. The average molecular weight is 477 g/mol. The number of hydrogen-bond donors (Lipinski definition) is 0. The van der Waals surface area contributed by atoms with Gasteiger partial charge in [-0.2, -0.15) is 0 Å². The van der Waals surface area contributed by atoms with Crippen LogP contribution in [-0.2, 0) is 14.3 Å². The van der Waals surface area contributed by atoms with E-state index >= 15 is 0 Å². The molecule has 0 bridgehead atoms. The molecule has 0 atom stereocenters. The van der Waals surface area contributed by atoms with E-state index < -0.39 is 0 Å². The lowest BCUT2D eigenvalue weighted by Gasteiger charge is -2.55. The van der Waals surface area contributed by atoms with Gasteiger partial charge in [-0.3, -0.25) is 14.5 Å². The Morgan fingerprint density at radius 1 is 0.800 bits per heavy atom. The molecule has 2 aliphatic heterocycles. The van der Waals surface area contributed by atoms with E-state index in [0.717, 1.165) is 71.1 Å². The van der Waals surface area contributed by atoms with E-state index in [1.165, 1.54) is 18.2 Å². The van der Waals surface area contributed by atoms with E-state index in [-0.39, 0.29) is 5.97 Å². The molecule has 2 saturated heterocycles. The highest BCUT2D eigenvalue weighted by molar-refractivity contribution is 5.77. The number of rotatable bonds is 11. The highest BCUT2D eigenvalue weighted by Gasteiger charge is 2.47. The molecule has 35 heavy (non-hydrogen) atoms. The van der Waals surface area contributed by atoms with Crippen LogP contribution in [-0.4, -0.2) is 55.0 Å². The number of ether oxygens (including phenoxy) is 1. The van der Waals surface area contributed by atoms with Crippen molar-refractivity contribution in [1.82, 2.24) is 9.80 Å². The molecule has 1 spiro atoms. The van der Waals surface area contributed by atoms with Crippen LogP contribution in [0.15, 0.2) is 60.7 Å². The maximum Gasteiger partial charge on any atom is 0.305 e. The summed E-state index contributed by atoms with van der Waals surface area (Å²) in [6, 6.07) is 22.0. The Labute approximate surface area is 210 Å². The van der Waals surface area contributed by atoms with E-state index in [2.05, 4.69) is 75.2 Å². The van der Waals surface area contributed by atoms with Gasteiger partial charge in [0.15, 0.2) is 0 Å². The molecule has 0 N–H and O–H groups in total. The summed E-state index contributed by atoms with van der Waals surface area (Å²) in [5, 5.41) is 0. The zero-order valence-electron chi connectivity index (χ0n) is 21.2. The minimum atomic E-state index is -0.131. The summed E-state index contributed by atoms with van der Waals surface area (Å²) < 4.78 is 4.67. The predicted octanol–water partition coefficient (Wildman–Crippen LogP) is 5.60. The first-order valence-electron chi connectivity index (χ1n) is 13.3. The largest absolute Gasteiger partial charge is 0.469 e. The van der Waals surface area contributed by atoms with Crippen molar-refractivity contribution in [3.05, 3.63) is 71.8 Å². The summed E-state index contributed by atoms with van der Waals surface area (Å²) in [7, 11) is 1.43. The summed E-state index contributed by atoms with van der Waals surface area (Å²) in [6.07, 6.45) is 8.46. The van der Waals surface area contributed by atoms with Gasteiger partial charge in [-0.05, 0) is 49.9 Å². The Morgan fingerprint density at radius 3 is 1.86 bits per heavy atom. The maximum absolute atomic E-state index is 12.7. The molecule has 0 saturated carbocycles. The fourth-order valence-corrected chi connectivity index (χ4v) is 5.73. The van der Waals surface area contributed by atoms with Gasteiger partial charge in [0, 0.05) is 31.3 Å². The summed E-state index contributed by atoms with van der Waals surface area (Å²) in [6.45, 7) is 4.00. The Morgan fingerprint density at radius 2 is 1.31 bits per heavy atom. The van der Waals surface area contributed by atoms with E-state index in [9.17, 15) is 9.59 Å². The second-order valence-corrected chi connectivity index (χ2v) is 10.4. The molecule has 0 aliphatic carbocycles. The van der Waals surface area contributed by atoms with Crippen LogP contribution in [0.5, 0.6) is 0 Å². The molecule has 2 fully saturated rings. The smallest absolute Gasteiger partial charge is 0.305 e. The Bertz CT molecular complexity index is 891. The van der Waals surface area contributed by atoms with E-state index in [4.69, 9.17) is 0 Å². The SMILES string of the molecule is COC(=O)CCCCCCCC(=O)N1CC2(CCN(C(c3ccccc3)c3ccccc3)CC2)C1. The Hall–Kier alpha value is -2.66. The van der Waals surface area contributed by atoms with Crippen molar-refractivity contribution in [3.8, 4) is 0 Å². The van der Waals surface area contributed by atoms with Crippen molar-refractivity contribution in [2.75, 3.05) is 33.3 Å². The van der Waals surface area contributed by atoms with E-state index in [0.29, 0.717) is 30.2 Å². The predicted molar refractivity (Wildman–Crippen MR) is 139 cm³/mol. The number of piperidine rings is 1. The minimum absolute atomic E-state index is 0.131. The molecule has 2 heterocycles. The number of methoxy groups -OCH3 is 1. The molecule has 0 unspecified atom stereocenters. The average Bonchev–Trinajstić information content (AvgIpc) is 2.88. The fourth-order valence-electron chi connectivity index (χ4n) is 5.73. The van der Waals surface area contributed by atoms with Gasteiger partial charge in [0.05, 0.1) is 13.2 Å². The second kappa shape index (κ2) is 12.3. The molecule has 2 aromatic carbocycles. The van der Waals surface area contributed by atoms with Gasteiger partial charge in [-0.15, -0.1) is 0 Å². The van der Waals surface area contributed by atoms with Crippen molar-refractivity contribution in [2.45, 2.75) is 63.8 Å². The third-order valence-corrected chi connectivity index (χ3v) is 7.86. The van der Waals surface area contributed by atoms with Gasteiger partial charge < -0.3 is 9.64 Å². The van der Waals surface area contributed by atoms with Gasteiger partial charge in [-0.1, -0.05) is 79.9 Å². The van der Waals surface area contributed by atoms with Crippen LogP contribution in [0.25, 0.3) is 0 Å². The van der Waals surface area contributed by atoms with Crippen molar-refractivity contribution in [1.29, 1.82) is 0 Å². The number of likely N-dealkylation sites (tertiary alicyclic amines) is 2. The first-order valence-corrected chi connectivity index (χ1v) is 13.3. The Balaban J connectivity index is 1.19. The molecule has 5 nitrogen and oxygen atoms in total. The van der Waals surface area contributed by atoms with Crippen molar-refractivity contribution in [3.63, 3.8) is 0 Å². The molecule has 188 valence electrons. The monoisotopic (exact) mass is 476 g/mol. The highest BCUT2D eigenvalue weighted by Crippen LogP contribution is 2.43. The van der Waals surface area contributed by atoms with Crippen LogP contribution in [0.3, 0.4) is 0 Å². The van der Waals surface area contributed by atoms with Gasteiger partial charge in [0.1, 0.15) is 0 Å². The lowest BCUT2D eigenvalue weighted by atomic mass is 9.71. The van der Waals surface area contributed by atoms with Crippen LogP contribution in [0, 0.1) is 5.41 Å². The van der Waals surface area contributed by atoms with E-state index in [1.54, 1.807) is 0 Å². The number of amides is 1. The van der Waals surface area contributed by atoms with Gasteiger partial charge >= 0.3 is 5.97 Å². The third kappa shape index (κ3) is 6.72. The normalized spacial score (nSPS) is 17.4. The van der Waals surface area contributed by atoms with Gasteiger partial charge in [0.2, 0.25) is 5.91 Å². The zero-order valence-corrected chi connectivity index (χ0v) is 21.2. The van der Waals surface area contributed by atoms with Crippen molar-refractivity contribution >= 4 is 11.9 Å². The first kappa shape index (κ1) is 25.4. The van der Waals surface area contributed by atoms with Gasteiger partial charge in [-0.25, -0.2) is 0 Å². The number of carbonyl (C=O) groups excluding carboxylic acids is 2. The van der Waals surface area contributed by atoms with Crippen LogP contribution in [0.4, 0.5) is 0 Å². The summed E-state index contributed by atoms with van der Waals surface area (Å²) in [5.74, 6) is 0.187. The summed E-state index contributed by atoms with van der Waals surface area (Å²) >= 11 is 0. The molecular weight excluding hydrogens is 436 g/mol. The number of hydrogen-bond acceptors (Lipinski definition) is 4. The molecule has 0 radical (unpaired) electrons. The van der Waals surface area contributed by atoms with Crippen LogP contribution in [0.2, 0.25) is 0 Å². The molecule has 2 aliphatic rings. The van der Waals surface area contributed by atoms with Crippen LogP contribution in [0.1, 0.15) is 75.0 Å². The minimum Gasteiger partial charge on any atom is -0.469 e. The first-order chi connectivity index (χ1) is 17.1. The quantitative estimate of drug-likeness (QED) is 0.313. The molecule has 2 aromatic rings. The summed E-state index contributed by atoms with van der Waals surface area (Å²) in [5.41, 5.74) is 3.02. The molecule has 1 amide bonds. The molecule has 5 heteroatoms. The third-order valence-electron chi connectivity index (χ3n) is 7.86. The topological polar surface area (TPSA) is 49.9 Å². The fraction of sp³-hybridized carbons (Fsp3) is 0.533. The molecule has 4 rings (SSSR count). The van der Waals surface area contributed by atoms with Crippen molar-refractivity contribution in [2.24, 2.45) is 5.41 Å². The van der Waals surface area contributed by atoms with Crippen LogP contribution < -0.4 is 0 Å². The maximum atomic E-state index is 12.7. The van der Waals surface area contributed by atoms with E-state index in [1.807, 2.05) is 0 Å². The second-order valence-electron chi connectivity index (χ2n) is 10.4. The molecular formula is C30H40N2O3. The standard InChI is InChI=1S/C30H40N2O3/c1-35-28(34)18-12-4-2-3-11-17-27(33)32-23-30(24-32)19-21-31(22-20-30)29(25-13-7-5-8-14-25)26-15-9-6-10-16-26/h5-10,13-16,29H,2-4,11-12,17-24H2,1H3. The highest BCUT2D eigenvalue weighted by atomic mass is 16.5. The lowest BCUT2D eigenvalue weighted by Crippen LogP contribution is -2.62. The number of unbranched alkanes of at least 4 members (excludes halogenated alkanes) is 4. The molecule has 0 aromatic heterocycles. The number of esters is 1. The summed E-state index contributed by atoms with van der Waals surface area (Å²) in [4.78, 5) is 28.5. The lowest BCUT2D eigenvalue weighted by molar-refractivity contribution is -0.147. The van der Waals surface area contributed by atoms with Gasteiger partial charge in [0.25, 0.3) is 0 Å².